The van der Waals surface area contributed by atoms with Crippen molar-refractivity contribution in [2.75, 3.05) is 26.3 Å². The van der Waals surface area contributed by atoms with Crippen LogP contribution in [0.4, 0.5) is 0 Å². The third-order valence-corrected chi connectivity index (χ3v) is 9.66. The molecule has 8 atom stereocenters. The van der Waals surface area contributed by atoms with E-state index in [0.717, 1.165) is 38.5 Å². The lowest BCUT2D eigenvalue weighted by Crippen LogP contribution is -2.60. The number of hydrogen-bond donors (Lipinski definition) is 1. The minimum atomic E-state index is -1.16. The van der Waals surface area contributed by atoms with Crippen LogP contribution in [-0.4, -0.2) is 87.6 Å². The molecule has 1 spiro atoms. The summed E-state index contributed by atoms with van der Waals surface area (Å²) in [5, 5.41) is 10.5. The second-order valence-electron chi connectivity index (χ2n) is 11.3. The number of hydrogen-bond acceptors (Lipinski definition) is 6. The Morgan fingerprint density at radius 2 is 2.00 bits per heavy atom. The molecule has 3 unspecified atom stereocenters. The summed E-state index contributed by atoms with van der Waals surface area (Å²) in [5.41, 5.74) is -1.16. The Morgan fingerprint density at radius 3 is 2.62 bits per heavy atom. The average molecular weight is 612 g/mol. The van der Waals surface area contributed by atoms with Crippen molar-refractivity contribution in [2.24, 2.45) is 17.8 Å². The van der Waals surface area contributed by atoms with E-state index >= 15 is 0 Å². The van der Waals surface area contributed by atoms with Crippen molar-refractivity contribution in [3.8, 4) is 0 Å². The Labute approximate surface area is 242 Å². The molecule has 3 aliphatic rings. The van der Waals surface area contributed by atoms with Crippen molar-refractivity contribution in [3.63, 3.8) is 0 Å². The first-order valence-corrected chi connectivity index (χ1v) is 15.6. The fourth-order valence-electron chi connectivity index (χ4n) is 6.62. The molecule has 3 fully saturated rings. The van der Waals surface area contributed by atoms with Crippen LogP contribution in [0, 0.1) is 17.8 Å². The van der Waals surface area contributed by atoms with E-state index < -0.39 is 41.6 Å². The summed E-state index contributed by atoms with van der Waals surface area (Å²) < 4.78 is 12.3. The van der Waals surface area contributed by atoms with Crippen LogP contribution in [0.3, 0.4) is 0 Å². The summed E-state index contributed by atoms with van der Waals surface area (Å²) in [4.78, 5) is 45.3. The third-order valence-electron chi connectivity index (χ3n) is 8.82. The standard InChI is InChI=1S/C30H47BrN2O6/c1-6-10-12-14-17-38-29(37)23-24-27(35)33(22(19-34)20(5)9-4)26(30(24)18-21(31)25(23)39-30)28(36)32(15-8-3)16-13-11-7-2/h6,8,20-26,34H,1,3,7,9-19H2,2,4-5H3/t20-,21?,22-,23+,24-,25+,26?,30?/m0/s1. The van der Waals surface area contributed by atoms with Crippen LogP contribution in [0.2, 0.25) is 0 Å². The van der Waals surface area contributed by atoms with Gasteiger partial charge in [0.2, 0.25) is 11.8 Å². The zero-order valence-electron chi connectivity index (χ0n) is 23.9. The average Bonchev–Trinajstić information content (AvgIpc) is 3.51. The number of rotatable bonds is 17. The molecule has 3 aliphatic heterocycles. The Balaban J connectivity index is 2.00. The summed E-state index contributed by atoms with van der Waals surface area (Å²) in [5.74, 6) is -2.64. The van der Waals surface area contributed by atoms with Crippen LogP contribution in [0.5, 0.6) is 0 Å². The van der Waals surface area contributed by atoms with Gasteiger partial charge in [-0.25, -0.2) is 0 Å². The summed E-state index contributed by atoms with van der Waals surface area (Å²) in [7, 11) is 0. The van der Waals surface area contributed by atoms with Crippen molar-refractivity contribution in [3.05, 3.63) is 25.3 Å². The van der Waals surface area contributed by atoms with Gasteiger partial charge in [-0.15, -0.1) is 13.2 Å². The summed E-state index contributed by atoms with van der Waals surface area (Å²) >= 11 is 3.71. The van der Waals surface area contributed by atoms with Crippen LogP contribution >= 0.6 is 15.9 Å². The predicted octanol–water partition coefficient (Wildman–Crippen LogP) is 4.25. The fourth-order valence-corrected chi connectivity index (χ4v) is 7.56. The molecule has 3 saturated heterocycles. The summed E-state index contributed by atoms with van der Waals surface area (Å²) in [6, 6.07) is -1.50. The van der Waals surface area contributed by atoms with E-state index in [-0.39, 0.29) is 35.8 Å². The van der Waals surface area contributed by atoms with E-state index in [1.54, 1.807) is 15.9 Å². The van der Waals surface area contributed by atoms with E-state index in [9.17, 15) is 19.5 Å². The molecule has 0 aromatic rings. The molecule has 9 heteroatoms. The quantitative estimate of drug-likeness (QED) is 0.114. The van der Waals surface area contributed by atoms with Crippen molar-refractivity contribution in [2.45, 2.75) is 101 Å². The molecule has 2 amide bonds. The largest absolute Gasteiger partial charge is 0.465 e. The number of unbranched alkanes of at least 4 members (excludes halogenated alkanes) is 4. The van der Waals surface area contributed by atoms with E-state index in [2.05, 4.69) is 36.0 Å². The number of aliphatic hydroxyl groups is 1. The number of alkyl halides is 1. The molecule has 0 aromatic heterocycles. The maximum absolute atomic E-state index is 14.4. The topological polar surface area (TPSA) is 96.4 Å². The lowest BCUT2D eigenvalue weighted by molar-refractivity contribution is -0.157. The molecular weight excluding hydrogens is 564 g/mol. The van der Waals surface area contributed by atoms with Gasteiger partial charge in [0.05, 0.1) is 37.2 Å². The minimum Gasteiger partial charge on any atom is -0.465 e. The zero-order chi connectivity index (χ0) is 28.7. The molecule has 0 aromatic carbocycles. The van der Waals surface area contributed by atoms with Gasteiger partial charge in [-0.3, -0.25) is 14.4 Å². The number of amides is 2. The molecule has 0 aliphatic carbocycles. The highest BCUT2D eigenvalue weighted by atomic mass is 79.9. The number of aliphatic hydroxyl groups excluding tert-OH is 1. The molecule has 3 heterocycles. The van der Waals surface area contributed by atoms with Gasteiger partial charge in [-0.2, -0.15) is 0 Å². The van der Waals surface area contributed by atoms with Crippen LogP contribution in [-0.2, 0) is 23.9 Å². The van der Waals surface area contributed by atoms with E-state index in [0.29, 0.717) is 25.9 Å². The van der Waals surface area contributed by atoms with Crippen LogP contribution < -0.4 is 0 Å². The van der Waals surface area contributed by atoms with Crippen LogP contribution in [0.25, 0.3) is 0 Å². The van der Waals surface area contributed by atoms with Crippen LogP contribution in [0.1, 0.15) is 72.1 Å². The Bertz CT molecular complexity index is 899. The van der Waals surface area contributed by atoms with Gasteiger partial charge in [0.15, 0.2) is 0 Å². The lowest BCUT2D eigenvalue weighted by Gasteiger charge is -2.41. The van der Waals surface area contributed by atoms with Gasteiger partial charge < -0.3 is 24.4 Å². The van der Waals surface area contributed by atoms with Crippen molar-refractivity contribution in [1.29, 1.82) is 0 Å². The maximum atomic E-state index is 14.4. The molecule has 0 saturated carbocycles. The maximum Gasteiger partial charge on any atom is 0.312 e. The summed E-state index contributed by atoms with van der Waals surface area (Å²) in [6.45, 7) is 14.5. The van der Waals surface area contributed by atoms with E-state index in [1.165, 1.54) is 0 Å². The predicted molar refractivity (Wildman–Crippen MR) is 154 cm³/mol. The highest BCUT2D eigenvalue weighted by Gasteiger charge is 2.77. The number of ether oxygens (including phenoxy) is 2. The molecule has 220 valence electrons. The minimum absolute atomic E-state index is 0.0512. The van der Waals surface area contributed by atoms with Crippen molar-refractivity contribution >= 4 is 33.7 Å². The number of nitrogens with zero attached hydrogens (tertiary/aromatic N) is 2. The molecular formula is C30H47BrN2O6. The summed E-state index contributed by atoms with van der Waals surface area (Å²) in [6.07, 6.45) is 9.39. The van der Waals surface area contributed by atoms with E-state index in [4.69, 9.17) is 9.47 Å². The van der Waals surface area contributed by atoms with Gasteiger partial charge >= 0.3 is 5.97 Å². The molecule has 39 heavy (non-hydrogen) atoms. The highest BCUT2D eigenvalue weighted by molar-refractivity contribution is 9.09. The number of carbonyl (C=O) groups is 3. The van der Waals surface area contributed by atoms with E-state index in [1.807, 2.05) is 19.9 Å². The first kappa shape index (κ1) is 31.8. The second-order valence-corrected chi connectivity index (χ2v) is 12.5. The van der Waals surface area contributed by atoms with Gasteiger partial charge in [0.1, 0.15) is 11.6 Å². The number of halogens is 1. The number of fused-ring (bicyclic) bond motifs is 1. The Hall–Kier alpha value is -1.71. The number of esters is 1. The normalized spacial score (nSPS) is 30.6. The van der Waals surface area contributed by atoms with Gasteiger partial charge in [-0.1, -0.05) is 68.1 Å². The third kappa shape index (κ3) is 6.15. The van der Waals surface area contributed by atoms with Gasteiger partial charge in [0, 0.05) is 17.9 Å². The Kier molecular flexibility index (Phi) is 11.6. The molecule has 1 N–H and O–H groups in total. The lowest BCUT2D eigenvalue weighted by atomic mass is 9.70. The smallest absolute Gasteiger partial charge is 0.312 e. The Morgan fingerprint density at radius 1 is 1.26 bits per heavy atom. The first-order valence-electron chi connectivity index (χ1n) is 14.7. The van der Waals surface area contributed by atoms with Crippen molar-refractivity contribution in [1.82, 2.24) is 9.80 Å². The molecule has 2 bridgehead atoms. The van der Waals surface area contributed by atoms with Crippen molar-refractivity contribution < 1.29 is 29.0 Å². The number of carbonyl (C=O) groups excluding carboxylic acids is 3. The van der Waals surface area contributed by atoms with Crippen LogP contribution in [0.15, 0.2) is 25.3 Å². The monoisotopic (exact) mass is 610 g/mol. The molecule has 3 rings (SSSR count). The highest BCUT2D eigenvalue weighted by Crippen LogP contribution is 2.61. The SMILES string of the molecule is C=CCCCCOC(=O)[C@H]1[C@@H]2OC3(CC2Br)C(C(=O)N(CC=C)CCCCC)N([C@@H](CO)[C@@H](C)CC)C(=O)[C@H]13. The second kappa shape index (κ2) is 14.3. The van der Waals surface area contributed by atoms with Gasteiger partial charge in [-0.05, 0) is 38.0 Å². The van der Waals surface area contributed by atoms with Gasteiger partial charge in [0.25, 0.3) is 0 Å². The zero-order valence-corrected chi connectivity index (χ0v) is 25.4. The fraction of sp³-hybridized carbons (Fsp3) is 0.767. The first-order chi connectivity index (χ1) is 18.7. The molecule has 0 radical (unpaired) electrons. The number of likely N-dealkylation sites (tertiary alicyclic amines) is 1. The number of allylic oxidation sites excluding steroid dienone is 1. The molecule has 8 nitrogen and oxygen atoms in total.